The van der Waals surface area contributed by atoms with Crippen molar-refractivity contribution in [3.8, 4) is 0 Å². The lowest BCUT2D eigenvalue weighted by Crippen LogP contribution is -2.56. The molecule has 234 valence electrons. The van der Waals surface area contributed by atoms with Gasteiger partial charge in [-0.05, 0) is 48.9 Å². The Balaban J connectivity index is 1.34. The second-order valence-corrected chi connectivity index (χ2v) is 13.5. The van der Waals surface area contributed by atoms with E-state index in [0.717, 1.165) is 65.0 Å². The van der Waals surface area contributed by atoms with Crippen molar-refractivity contribution in [2.45, 2.75) is 77.9 Å². The topological polar surface area (TPSA) is 106 Å². The third kappa shape index (κ3) is 8.67. The second kappa shape index (κ2) is 14.7. The molecule has 4 rings (SSSR count). The van der Waals surface area contributed by atoms with E-state index in [1.807, 2.05) is 25.7 Å². The zero-order valence-electron chi connectivity index (χ0n) is 26.0. The van der Waals surface area contributed by atoms with E-state index in [4.69, 9.17) is 4.74 Å². The van der Waals surface area contributed by atoms with E-state index in [2.05, 4.69) is 46.4 Å². The molecule has 3 atom stereocenters. The number of hydroxylamine groups is 2. The van der Waals surface area contributed by atoms with E-state index in [-0.39, 0.29) is 24.4 Å². The standard InChI is InChI=1S/C32H51N5O5/c1-32(2,3)29(33-30(39)26(21-37(41)23-38)19-24-7-5-6-8-24)31(40)36-14-13-28(22-36)34(4)20-25-9-11-27(12-10-25)35-15-17-42-18-16-35/h9-12,23-24,26,28-29,41H,5-8,13-22H2,1-4H3,(H,33,39)/t26-,28-,29-/m1/s1. The summed E-state index contributed by atoms with van der Waals surface area (Å²) in [7, 11) is 2.11. The van der Waals surface area contributed by atoms with Gasteiger partial charge in [-0.3, -0.25) is 24.5 Å². The average molecular weight is 586 g/mol. The average Bonchev–Trinajstić information content (AvgIpc) is 3.68. The van der Waals surface area contributed by atoms with Gasteiger partial charge in [-0.25, -0.2) is 5.06 Å². The molecule has 1 saturated carbocycles. The molecule has 1 aliphatic carbocycles. The molecule has 0 aromatic heterocycles. The number of amides is 3. The molecule has 2 N–H and O–H groups in total. The van der Waals surface area contributed by atoms with Crippen molar-refractivity contribution in [2.75, 3.05) is 57.9 Å². The molecule has 0 spiro atoms. The number of hydrogen-bond donors (Lipinski definition) is 2. The van der Waals surface area contributed by atoms with Crippen LogP contribution in [0.5, 0.6) is 0 Å². The van der Waals surface area contributed by atoms with E-state index in [1.165, 1.54) is 11.3 Å². The third-order valence-electron chi connectivity index (χ3n) is 9.24. The van der Waals surface area contributed by atoms with Gasteiger partial charge < -0.3 is 19.9 Å². The summed E-state index contributed by atoms with van der Waals surface area (Å²) in [5.41, 5.74) is 1.96. The number of likely N-dealkylation sites (N-methyl/N-ethyl adjacent to an activating group) is 1. The number of nitrogens with one attached hydrogen (secondary N) is 1. The van der Waals surface area contributed by atoms with Crippen LogP contribution in [0.2, 0.25) is 0 Å². The molecule has 3 aliphatic rings. The first kappa shape index (κ1) is 32.2. The van der Waals surface area contributed by atoms with Crippen LogP contribution in [-0.4, -0.2) is 103 Å². The Bertz CT molecular complexity index is 1030. The maximum absolute atomic E-state index is 13.9. The summed E-state index contributed by atoms with van der Waals surface area (Å²) in [5, 5.41) is 13.5. The van der Waals surface area contributed by atoms with E-state index >= 15 is 0 Å². The van der Waals surface area contributed by atoms with Crippen LogP contribution >= 0.6 is 0 Å². The SMILES string of the molecule is CN(Cc1ccc(N2CCOCC2)cc1)[C@@H]1CCN(C(=O)[C@@H](NC(=O)[C@H](CC2CCCC2)CN(O)C=O)C(C)(C)C)C1. The number of hydrogen-bond acceptors (Lipinski definition) is 7. The van der Waals surface area contributed by atoms with E-state index in [1.54, 1.807) is 0 Å². The van der Waals surface area contributed by atoms with Crippen LogP contribution in [0.15, 0.2) is 24.3 Å². The van der Waals surface area contributed by atoms with Crippen molar-refractivity contribution < 1.29 is 24.3 Å². The molecule has 0 radical (unpaired) electrons. The highest BCUT2D eigenvalue weighted by Gasteiger charge is 2.40. The number of anilines is 1. The molecule has 3 fully saturated rings. The lowest BCUT2D eigenvalue weighted by Gasteiger charge is -2.35. The van der Waals surface area contributed by atoms with Gasteiger partial charge in [0.25, 0.3) is 0 Å². The van der Waals surface area contributed by atoms with Crippen LogP contribution in [0.4, 0.5) is 5.69 Å². The number of carbonyl (C=O) groups is 3. The van der Waals surface area contributed by atoms with E-state index in [0.29, 0.717) is 36.9 Å². The van der Waals surface area contributed by atoms with Crippen molar-refractivity contribution >= 4 is 23.9 Å². The molecule has 1 aromatic carbocycles. The molecule has 0 bridgehead atoms. The maximum Gasteiger partial charge on any atom is 0.245 e. The Morgan fingerprint density at radius 2 is 1.76 bits per heavy atom. The van der Waals surface area contributed by atoms with Crippen LogP contribution in [0.3, 0.4) is 0 Å². The molecule has 2 heterocycles. The normalized spacial score (nSPS) is 21.4. The van der Waals surface area contributed by atoms with E-state index in [9.17, 15) is 19.6 Å². The molecule has 10 nitrogen and oxygen atoms in total. The Morgan fingerprint density at radius 1 is 1.10 bits per heavy atom. The van der Waals surface area contributed by atoms with Gasteiger partial charge in [0, 0.05) is 44.5 Å². The van der Waals surface area contributed by atoms with Crippen LogP contribution in [0.1, 0.15) is 64.9 Å². The van der Waals surface area contributed by atoms with Gasteiger partial charge in [-0.15, -0.1) is 0 Å². The van der Waals surface area contributed by atoms with Gasteiger partial charge in [0.2, 0.25) is 18.2 Å². The summed E-state index contributed by atoms with van der Waals surface area (Å²) in [5.74, 6) is -0.509. The van der Waals surface area contributed by atoms with E-state index < -0.39 is 17.4 Å². The van der Waals surface area contributed by atoms with Gasteiger partial charge in [0.05, 0.1) is 25.7 Å². The van der Waals surface area contributed by atoms with Crippen molar-refractivity contribution in [1.29, 1.82) is 0 Å². The zero-order chi connectivity index (χ0) is 30.3. The highest BCUT2D eigenvalue weighted by molar-refractivity contribution is 5.89. The van der Waals surface area contributed by atoms with Gasteiger partial charge >= 0.3 is 0 Å². The van der Waals surface area contributed by atoms with Gasteiger partial charge in [0.15, 0.2) is 0 Å². The predicted molar refractivity (Wildman–Crippen MR) is 162 cm³/mol. The number of benzene rings is 1. The summed E-state index contributed by atoms with van der Waals surface area (Å²) in [6.07, 6.45) is 6.21. The number of rotatable bonds is 12. The maximum atomic E-state index is 13.9. The second-order valence-electron chi connectivity index (χ2n) is 13.5. The summed E-state index contributed by atoms with van der Waals surface area (Å²) in [4.78, 5) is 45.0. The van der Waals surface area contributed by atoms with Crippen molar-refractivity contribution in [3.63, 3.8) is 0 Å². The quantitative estimate of drug-likeness (QED) is 0.221. The zero-order valence-corrected chi connectivity index (χ0v) is 26.0. The van der Waals surface area contributed by atoms with Crippen LogP contribution in [-0.2, 0) is 25.7 Å². The molecule has 10 heteroatoms. The number of carbonyl (C=O) groups excluding carboxylic acids is 3. The monoisotopic (exact) mass is 585 g/mol. The Kier molecular flexibility index (Phi) is 11.3. The molecule has 2 aliphatic heterocycles. The van der Waals surface area contributed by atoms with Gasteiger partial charge in [-0.1, -0.05) is 58.6 Å². The van der Waals surface area contributed by atoms with Crippen LogP contribution in [0.25, 0.3) is 0 Å². The van der Waals surface area contributed by atoms with Crippen LogP contribution in [0, 0.1) is 17.3 Å². The number of ether oxygens (including phenoxy) is 1. The highest BCUT2D eigenvalue weighted by Crippen LogP contribution is 2.31. The minimum absolute atomic E-state index is 0.0686. The molecule has 2 saturated heterocycles. The number of nitrogens with zero attached hydrogens (tertiary/aromatic N) is 4. The summed E-state index contributed by atoms with van der Waals surface area (Å²) in [6, 6.07) is 8.27. The first-order valence-electron chi connectivity index (χ1n) is 15.7. The van der Waals surface area contributed by atoms with Crippen molar-refractivity contribution in [1.82, 2.24) is 20.2 Å². The molecule has 1 aromatic rings. The molecular weight excluding hydrogens is 534 g/mol. The van der Waals surface area contributed by atoms with Crippen molar-refractivity contribution in [2.24, 2.45) is 17.3 Å². The van der Waals surface area contributed by atoms with Gasteiger partial charge in [0.1, 0.15) is 6.04 Å². The number of morpholine rings is 1. The molecule has 3 amide bonds. The summed E-state index contributed by atoms with van der Waals surface area (Å²) >= 11 is 0. The smallest absolute Gasteiger partial charge is 0.245 e. The fourth-order valence-corrected chi connectivity index (χ4v) is 6.63. The van der Waals surface area contributed by atoms with Gasteiger partial charge in [-0.2, -0.15) is 0 Å². The Labute approximate surface area is 251 Å². The predicted octanol–water partition coefficient (Wildman–Crippen LogP) is 3.13. The number of likely N-dealkylation sites (tertiary alicyclic amines) is 1. The molecular formula is C32H51N5O5. The summed E-state index contributed by atoms with van der Waals surface area (Å²) in [6.45, 7) is 11.3. The summed E-state index contributed by atoms with van der Waals surface area (Å²) < 4.78 is 5.47. The first-order valence-corrected chi connectivity index (χ1v) is 15.7. The largest absolute Gasteiger partial charge is 0.378 e. The Hall–Kier alpha value is -2.69. The lowest BCUT2D eigenvalue weighted by atomic mass is 9.84. The third-order valence-corrected chi connectivity index (χ3v) is 9.24. The fraction of sp³-hybridized carbons (Fsp3) is 0.719. The first-order chi connectivity index (χ1) is 20.0. The minimum atomic E-state index is -0.698. The molecule has 0 unspecified atom stereocenters. The van der Waals surface area contributed by atoms with Crippen molar-refractivity contribution in [3.05, 3.63) is 29.8 Å². The lowest BCUT2D eigenvalue weighted by molar-refractivity contribution is -0.155. The Morgan fingerprint density at radius 3 is 2.38 bits per heavy atom. The molecule has 42 heavy (non-hydrogen) atoms. The minimum Gasteiger partial charge on any atom is -0.378 e. The highest BCUT2D eigenvalue weighted by atomic mass is 16.5. The fourth-order valence-electron chi connectivity index (χ4n) is 6.63. The van der Waals surface area contributed by atoms with Crippen LogP contribution < -0.4 is 10.2 Å².